The molecule has 2 aliphatic rings. The molecule has 9 N–H and O–H groups in total. The van der Waals surface area contributed by atoms with Gasteiger partial charge >= 0.3 is 0 Å². The minimum absolute atomic E-state index is 0.0180. The zero-order valence-corrected chi connectivity index (χ0v) is 21.9. The van der Waals surface area contributed by atoms with E-state index in [0.717, 1.165) is 12.1 Å². The van der Waals surface area contributed by atoms with Gasteiger partial charge in [0, 0.05) is 17.7 Å². The molecule has 10 atom stereocenters. The molecule has 2 fully saturated rings. The molecule has 2 aromatic carbocycles. The molecule has 0 aliphatic carbocycles. The molecule has 3 aromatic rings. The summed E-state index contributed by atoms with van der Waals surface area (Å²) in [6, 6.07) is 7.85. The van der Waals surface area contributed by atoms with E-state index in [-0.39, 0.29) is 22.5 Å². The lowest BCUT2D eigenvalue weighted by Gasteiger charge is -2.42. The van der Waals surface area contributed by atoms with Gasteiger partial charge in [-0.15, -0.1) is 0 Å². The van der Waals surface area contributed by atoms with Gasteiger partial charge in [-0.2, -0.15) is 0 Å². The summed E-state index contributed by atoms with van der Waals surface area (Å²) in [6.45, 7) is 0.884. The summed E-state index contributed by atoms with van der Waals surface area (Å²) in [7, 11) is 0. The number of rotatable bonds is 6. The Kier molecular flexibility index (Phi) is 8.30. The van der Waals surface area contributed by atoms with Crippen LogP contribution in [0.4, 0.5) is 0 Å². The summed E-state index contributed by atoms with van der Waals surface area (Å²) < 4.78 is 27.6. The summed E-state index contributed by atoms with van der Waals surface area (Å²) in [5, 5.41) is 91.6. The molecule has 42 heavy (non-hydrogen) atoms. The largest absolute Gasteiger partial charge is 0.508 e. The zero-order valence-electron chi connectivity index (χ0n) is 21.9. The van der Waals surface area contributed by atoms with E-state index in [1.165, 1.54) is 31.2 Å². The van der Waals surface area contributed by atoms with E-state index in [2.05, 4.69) is 0 Å². The number of aliphatic hydroxyl groups is 6. The quantitative estimate of drug-likeness (QED) is 0.149. The number of fused-ring (bicyclic) bond motifs is 1. The maximum atomic E-state index is 12.8. The third kappa shape index (κ3) is 5.49. The fourth-order valence-electron chi connectivity index (χ4n) is 4.74. The Morgan fingerprint density at radius 1 is 0.762 bits per heavy atom. The average molecular weight is 595 g/mol. The van der Waals surface area contributed by atoms with Gasteiger partial charge in [-0.05, 0) is 31.2 Å². The van der Waals surface area contributed by atoms with Crippen molar-refractivity contribution in [3.63, 3.8) is 0 Å². The number of hydrogen-bond donors (Lipinski definition) is 9. The Morgan fingerprint density at radius 2 is 1.40 bits per heavy atom. The normalized spacial score (nSPS) is 33.5. The van der Waals surface area contributed by atoms with Crippen LogP contribution in [0.3, 0.4) is 0 Å². The first-order valence-corrected chi connectivity index (χ1v) is 12.9. The van der Waals surface area contributed by atoms with Gasteiger partial charge in [0.1, 0.15) is 65.2 Å². The van der Waals surface area contributed by atoms with Gasteiger partial charge in [0.2, 0.25) is 12.0 Å². The highest BCUT2D eigenvalue weighted by atomic mass is 16.7. The van der Waals surface area contributed by atoms with Crippen LogP contribution in [0, 0.1) is 0 Å². The maximum Gasteiger partial charge on any atom is 0.229 e. The molecule has 5 rings (SSSR count). The van der Waals surface area contributed by atoms with Gasteiger partial charge < -0.3 is 69.3 Å². The highest BCUT2D eigenvalue weighted by Crippen LogP contribution is 2.42. The van der Waals surface area contributed by atoms with E-state index in [1.807, 2.05) is 0 Å². The van der Waals surface area contributed by atoms with E-state index in [9.17, 15) is 50.8 Å². The maximum absolute atomic E-state index is 12.8. The van der Waals surface area contributed by atoms with Crippen molar-refractivity contribution in [1.29, 1.82) is 0 Å². The fourth-order valence-corrected chi connectivity index (χ4v) is 4.74. The summed E-state index contributed by atoms with van der Waals surface area (Å²) in [5.74, 6) is -2.27. The minimum atomic E-state index is -1.88. The molecule has 0 spiro atoms. The number of aromatic hydroxyl groups is 3. The first-order valence-electron chi connectivity index (χ1n) is 12.9. The van der Waals surface area contributed by atoms with Gasteiger partial charge in [0.15, 0.2) is 23.2 Å². The third-order valence-electron chi connectivity index (χ3n) is 7.23. The number of phenolic OH excluding ortho intramolecular Hbond substituents is 3. The van der Waals surface area contributed by atoms with Crippen LogP contribution in [0.25, 0.3) is 22.3 Å². The van der Waals surface area contributed by atoms with Crippen LogP contribution in [0.2, 0.25) is 0 Å². The van der Waals surface area contributed by atoms with Crippen molar-refractivity contribution in [1.82, 2.24) is 0 Å². The summed E-state index contributed by atoms with van der Waals surface area (Å²) in [5.41, 5.74) is -0.515. The van der Waals surface area contributed by atoms with Gasteiger partial charge in [0.25, 0.3) is 0 Å². The lowest BCUT2D eigenvalue weighted by molar-refractivity contribution is -0.318. The van der Waals surface area contributed by atoms with Gasteiger partial charge in [0.05, 0.1) is 12.7 Å². The van der Waals surface area contributed by atoms with Crippen LogP contribution in [0.15, 0.2) is 45.6 Å². The zero-order chi connectivity index (χ0) is 30.5. The van der Waals surface area contributed by atoms with Gasteiger partial charge in [-0.1, -0.05) is 0 Å². The molecule has 15 heteroatoms. The lowest BCUT2D eigenvalue weighted by atomic mass is 9.98. The highest BCUT2D eigenvalue weighted by molar-refractivity contribution is 5.89. The van der Waals surface area contributed by atoms with Crippen molar-refractivity contribution >= 4 is 11.0 Å². The van der Waals surface area contributed by atoms with E-state index in [0.29, 0.717) is 5.56 Å². The monoisotopic (exact) mass is 594 g/mol. The standard InChI is InChI=1S/C27H30O15/c1-9-18(30)22(34)24(36)26(39-9)38-8-16-20(32)23(35)25(37)27(42-16)41-15-7-14-17(21(33)19(15)31)12(29)6-13(40-14)10-2-4-11(28)5-3-10/h2-7,9,16,18,20,22-28,30-37H,8H2,1H3/t9-,16+,18-,20+,22+,23-,24+,25+,26+,27+/m1/s1. The van der Waals surface area contributed by atoms with Crippen molar-refractivity contribution in [3.05, 3.63) is 46.6 Å². The Hall–Kier alpha value is -3.51. The smallest absolute Gasteiger partial charge is 0.229 e. The van der Waals surface area contributed by atoms with Crippen molar-refractivity contribution in [2.75, 3.05) is 6.61 Å². The van der Waals surface area contributed by atoms with Gasteiger partial charge in [-0.3, -0.25) is 4.79 Å². The Morgan fingerprint density at radius 3 is 2.10 bits per heavy atom. The third-order valence-corrected chi connectivity index (χ3v) is 7.23. The number of hydrogen-bond acceptors (Lipinski definition) is 15. The molecule has 15 nitrogen and oxygen atoms in total. The van der Waals surface area contributed by atoms with Crippen molar-refractivity contribution < 1.29 is 69.3 Å². The molecule has 0 bridgehead atoms. The number of phenols is 3. The minimum Gasteiger partial charge on any atom is -0.508 e. The van der Waals surface area contributed by atoms with Crippen LogP contribution < -0.4 is 10.2 Å². The molecule has 0 saturated carbocycles. The number of ether oxygens (including phenoxy) is 4. The van der Waals surface area contributed by atoms with Crippen molar-refractivity contribution in [2.45, 2.75) is 68.3 Å². The molecule has 0 amide bonds. The fraction of sp³-hybridized carbons (Fsp3) is 0.444. The van der Waals surface area contributed by atoms with E-state index >= 15 is 0 Å². The van der Waals surface area contributed by atoms with Gasteiger partial charge in [-0.25, -0.2) is 0 Å². The van der Waals surface area contributed by atoms with Crippen LogP contribution in [-0.4, -0.2) is 114 Å². The molecule has 2 saturated heterocycles. The summed E-state index contributed by atoms with van der Waals surface area (Å²) in [4.78, 5) is 12.8. The summed E-state index contributed by atoms with van der Waals surface area (Å²) >= 11 is 0. The van der Waals surface area contributed by atoms with Crippen molar-refractivity contribution in [2.24, 2.45) is 0 Å². The second-order valence-corrected chi connectivity index (χ2v) is 10.1. The molecular weight excluding hydrogens is 564 g/mol. The molecule has 3 heterocycles. The molecular formula is C27H30O15. The van der Waals surface area contributed by atoms with Crippen LogP contribution in [0.1, 0.15) is 6.92 Å². The van der Waals surface area contributed by atoms with E-state index < -0.39 is 90.7 Å². The predicted octanol–water partition coefficient (Wildman–Crippen LogP) is -1.39. The first kappa shape index (κ1) is 30.0. The number of aliphatic hydroxyl groups excluding tert-OH is 6. The Balaban J connectivity index is 1.38. The first-order chi connectivity index (χ1) is 19.9. The highest BCUT2D eigenvalue weighted by Gasteiger charge is 2.47. The lowest BCUT2D eigenvalue weighted by Crippen LogP contribution is -2.61. The molecule has 0 radical (unpaired) electrons. The molecule has 1 aromatic heterocycles. The Bertz CT molecular complexity index is 1470. The molecule has 0 unspecified atom stereocenters. The Labute approximate surface area is 236 Å². The van der Waals surface area contributed by atoms with Crippen molar-refractivity contribution in [3.8, 4) is 34.3 Å². The molecule has 2 aliphatic heterocycles. The predicted molar refractivity (Wildman–Crippen MR) is 139 cm³/mol. The van der Waals surface area contributed by atoms with E-state index in [4.69, 9.17) is 23.4 Å². The summed E-state index contributed by atoms with van der Waals surface area (Å²) in [6.07, 6.45) is -15.6. The second kappa shape index (κ2) is 11.6. The topological polar surface area (TPSA) is 249 Å². The van der Waals surface area contributed by atoms with Crippen LogP contribution in [0.5, 0.6) is 23.0 Å². The van der Waals surface area contributed by atoms with Crippen LogP contribution >= 0.6 is 0 Å². The number of benzene rings is 2. The SMILES string of the molecule is C[C@H]1O[C@H](OC[C@@H]2O[C@H](Oc3cc4oc(-c5ccc(O)cc5)cc(=O)c4c(O)c3O)[C@@H](O)[C@H](O)[C@H]2O)[C@@H](O)[C@@H](O)[C@@H]1O. The van der Waals surface area contributed by atoms with Crippen LogP contribution in [-0.2, 0) is 14.2 Å². The second-order valence-electron chi connectivity index (χ2n) is 10.1. The molecule has 228 valence electrons. The van der Waals surface area contributed by atoms with E-state index in [1.54, 1.807) is 0 Å². The average Bonchev–Trinajstić information content (AvgIpc) is 2.96.